The molecule has 0 N–H and O–H groups in total. The Morgan fingerprint density at radius 2 is 1.79 bits per heavy atom. The SMILES string of the molecule is COc1ccc(COc2ccc(Br)cc2F)cc1Br. The zero-order chi connectivity index (χ0) is 13.8. The number of benzene rings is 2. The number of hydrogen-bond acceptors (Lipinski definition) is 2. The quantitative estimate of drug-likeness (QED) is 0.737. The molecular weight excluding hydrogens is 379 g/mol. The second-order valence-electron chi connectivity index (χ2n) is 3.83. The summed E-state index contributed by atoms with van der Waals surface area (Å²) in [4.78, 5) is 0. The predicted octanol–water partition coefficient (Wildman–Crippen LogP) is 4.94. The van der Waals surface area contributed by atoms with Gasteiger partial charge in [-0.25, -0.2) is 4.39 Å². The number of methoxy groups -OCH3 is 1. The average molecular weight is 390 g/mol. The molecule has 0 aliphatic heterocycles. The molecule has 5 heteroatoms. The molecule has 2 aromatic carbocycles. The molecule has 19 heavy (non-hydrogen) atoms. The third kappa shape index (κ3) is 3.70. The van der Waals surface area contributed by atoms with Crippen molar-refractivity contribution >= 4 is 31.9 Å². The minimum atomic E-state index is -0.387. The maximum absolute atomic E-state index is 13.6. The highest BCUT2D eigenvalue weighted by Gasteiger charge is 2.06. The monoisotopic (exact) mass is 388 g/mol. The van der Waals surface area contributed by atoms with E-state index >= 15 is 0 Å². The second-order valence-corrected chi connectivity index (χ2v) is 5.60. The van der Waals surface area contributed by atoms with E-state index in [1.165, 1.54) is 6.07 Å². The van der Waals surface area contributed by atoms with E-state index in [0.29, 0.717) is 11.1 Å². The summed E-state index contributed by atoms with van der Waals surface area (Å²) in [6.07, 6.45) is 0. The Labute approximate surface area is 127 Å². The summed E-state index contributed by atoms with van der Waals surface area (Å²) < 4.78 is 25.7. The molecule has 2 rings (SSSR count). The van der Waals surface area contributed by atoms with Crippen LogP contribution in [0.2, 0.25) is 0 Å². The highest BCUT2D eigenvalue weighted by molar-refractivity contribution is 9.10. The van der Waals surface area contributed by atoms with Crippen LogP contribution in [0.3, 0.4) is 0 Å². The highest BCUT2D eigenvalue weighted by atomic mass is 79.9. The number of hydrogen-bond donors (Lipinski definition) is 0. The average Bonchev–Trinajstić information content (AvgIpc) is 2.38. The van der Waals surface area contributed by atoms with Gasteiger partial charge < -0.3 is 9.47 Å². The second kappa shape index (κ2) is 6.39. The van der Waals surface area contributed by atoms with Gasteiger partial charge in [0.1, 0.15) is 12.4 Å². The van der Waals surface area contributed by atoms with Gasteiger partial charge in [-0.3, -0.25) is 0 Å². The molecule has 0 atom stereocenters. The molecule has 0 saturated heterocycles. The fourth-order valence-electron chi connectivity index (χ4n) is 1.55. The topological polar surface area (TPSA) is 18.5 Å². The van der Waals surface area contributed by atoms with Crippen LogP contribution in [0.4, 0.5) is 4.39 Å². The summed E-state index contributed by atoms with van der Waals surface area (Å²) in [5.41, 5.74) is 0.926. The lowest BCUT2D eigenvalue weighted by Gasteiger charge is -2.09. The molecular formula is C14H11Br2FO2. The van der Waals surface area contributed by atoms with Gasteiger partial charge in [0.2, 0.25) is 0 Å². The molecule has 2 nitrogen and oxygen atoms in total. The summed E-state index contributed by atoms with van der Waals surface area (Å²) in [7, 11) is 1.60. The van der Waals surface area contributed by atoms with Crippen molar-refractivity contribution in [1.29, 1.82) is 0 Å². The Morgan fingerprint density at radius 1 is 1.05 bits per heavy atom. The summed E-state index contributed by atoms with van der Waals surface area (Å²) >= 11 is 6.60. The van der Waals surface area contributed by atoms with Crippen LogP contribution >= 0.6 is 31.9 Å². The van der Waals surface area contributed by atoms with Crippen molar-refractivity contribution in [2.24, 2.45) is 0 Å². The van der Waals surface area contributed by atoms with Crippen LogP contribution in [-0.2, 0) is 6.61 Å². The van der Waals surface area contributed by atoms with Gasteiger partial charge in [0.25, 0.3) is 0 Å². The minimum Gasteiger partial charge on any atom is -0.496 e. The van der Waals surface area contributed by atoms with E-state index in [2.05, 4.69) is 31.9 Å². The van der Waals surface area contributed by atoms with Crippen LogP contribution in [-0.4, -0.2) is 7.11 Å². The summed E-state index contributed by atoms with van der Waals surface area (Å²) in [5.74, 6) is 0.593. The summed E-state index contributed by atoms with van der Waals surface area (Å²) in [6, 6.07) is 10.3. The van der Waals surface area contributed by atoms with Crippen molar-refractivity contribution in [2.75, 3.05) is 7.11 Å². The fraction of sp³-hybridized carbons (Fsp3) is 0.143. The number of halogens is 3. The van der Waals surface area contributed by atoms with Gasteiger partial charge in [0.15, 0.2) is 11.6 Å². The van der Waals surface area contributed by atoms with E-state index in [0.717, 1.165) is 15.8 Å². The zero-order valence-corrected chi connectivity index (χ0v) is 13.3. The maximum atomic E-state index is 13.6. The lowest BCUT2D eigenvalue weighted by atomic mass is 10.2. The zero-order valence-electron chi connectivity index (χ0n) is 10.1. The van der Waals surface area contributed by atoms with Gasteiger partial charge in [-0.15, -0.1) is 0 Å². The van der Waals surface area contributed by atoms with E-state index < -0.39 is 0 Å². The van der Waals surface area contributed by atoms with Crippen LogP contribution in [0.5, 0.6) is 11.5 Å². The third-order valence-electron chi connectivity index (χ3n) is 2.50. The van der Waals surface area contributed by atoms with Gasteiger partial charge in [0.05, 0.1) is 11.6 Å². The van der Waals surface area contributed by atoms with E-state index in [4.69, 9.17) is 9.47 Å². The largest absolute Gasteiger partial charge is 0.496 e. The van der Waals surface area contributed by atoms with Crippen molar-refractivity contribution in [3.8, 4) is 11.5 Å². The Kier molecular flexibility index (Phi) is 4.82. The van der Waals surface area contributed by atoms with Crippen LogP contribution in [0, 0.1) is 5.82 Å². The smallest absolute Gasteiger partial charge is 0.166 e. The van der Waals surface area contributed by atoms with Gasteiger partial charge in [0, 0.05) is 4.47 Å². The maximum Gasteiger partial charge on any atom is 0.166 e. The van der Waals surface area contributed by atoms with E-state index in [-0.39, 0.29) is 11.6 Å². The van der Waals surface area contributed by atoms with Crippen molar-refractivity contribution < 1.29 is 13.9 Å². The number of rotatable bonds is 4. The molecule has 2 aromatic rings. The normalized spacial score (nSPS) is 10.3. The van der Waals surface area contributed by atoms with Crippen LogP contribution in [0.25, 0.3) is 0 Å². The van der Waals surface area contributed by atoms with Crippen LogP contribution in [0.15, 0.2) is 45.3 Å². The molecule has 0 fully saturated rings. The van der Waals surface area contributed by atoms with E-state index in [1.54, 1.807) is 19.2 Å². The molecule has 0 spiro atoms. The van der Waals surface area contributed by atoms with E-state index in [1.807, 2.05) is 18.2 Å². The minimum absolute atomic E-state index is 0.232. The van der Waals surface area contributed by atoms with Crippen molar-refractivity contribution in [2.45, 2.75) is 6.61 Å². The standard InChI is InChI=1S/C14H11Br2FO2/c1-18-13-4-2-9(6-11(13)16)8-19-14-5-3-10(15)7-12(14)17/h2-7H,8H2,1H3. The first kappa shape index (κ1) is 14.3. The molecule has 0 heterocycles. The van der Waals surface area contributed by atoms with Gasteiger partial charge >= 0.3 is 0 Å². The van der Waals surface area contributed by atoms with Crippen LogP contribution in [0.1, 0.15) is 5.56 Å². The first-order valence-electron chi connectivity index (χ1n) is 5.50. The molecule has 0 amide bonds. The van der Waals surface area contributed by atoms with Crippen molar-refractivity contribution in [3.63, 3.8) is 0 Å². The van der Waals surface area contributed by atoms with Crippen molar-refractivity contribution in [1.82, 2.24) is 0 Å². The Balaban J connectivity index is 2.08. The first-order chi connectivity index (χ1) is 9.10. The number of ether oxygens (including phenoxy) is 2. The first-order valence-corrected chi connectivity index (χ1v) is 7.09. The fourth-order valence-corrected chi connectivity index (χ4v) is 2.47. The molecule has 100 valence electrons. The summed E-state index contributed by atoms with van der Waals surface area (Å²) in [5, 5.41) is 0. The predicted molar refractivity (Wildman–Crippen MR) is 79.1 cm³/mol. The Morgan fingerprint density at radius 3 is 2.42 bits per heavy atom. The molecule has 0 aromatic heterocycles. The Hall–Kier alpha value is -1.07. The molecule has 0 saturated carbocycles. The Bertz CT molecular complexity index is 588. The highest BCUT2D eigenvalue weighted by Crippen LogP contribution is 2.27. The molecule has 0 bridgehead atoms. The van der Waals surface area contributed by atoms with E-state index in [9.17, 15) is 4.39 Å². The van der Waals surface area contributed by atoms with Crippen LogP contribution < -0.4 is 9.47 Å². The molecule has 0 aliphatic carbocycles. The molecule has 0 unspecified atom stereocenters. The summed E-state index contributed by atoms with van der Waals surface area (Å²) in [6.45, 7) is 0.293. The van der Waals surface area contributed by atoms with Gasteiger partial charge in [-0.1, -0.05) is 22.0 Å². The third-order valence-corrected chi connectivity index (χ3v) is 3.62. The molecule has 0 aliphatic rings. The lowest BCUT2D eigenvalue weighted by molar-refractivity contribution is 0.290. The van der Waals surface area contributed by atoms with Gasteiger partial charge in [-0.05, 0) is 51.8 Å². The molecule has 0 radical (unpaired) electrons. The lowest BCUT2D eigenvalue weighted by Crippen LogP contribution is -1.98. The van der Waals surface area contributed by atoms with Gasteiger partial charge in [-0.2, -0.15) is 0 Å². The van der Waals surface area contributed by atoms with Crippen molar-refractivity contribution in [3.05, 3.63) is 56.7 Å².